The molecule has 7 nitrogen and oxygen atoms in total. The van der Waals surface area contributed by atoms with E-state index in [0.29, 0.717) is 35.7 Å². The maximum absolute atomic E-state index is 13.9. The zero-order valence-corrected chi connectivity index (χ0v) is 19.5. The lowest BCUT2D eigenvalue weighted by Crippen LogP contribution is -2.49. The van der Waals surface area contributed by atoms with Crippen molar-refractivity contribution in [3.63, 3.8) is 0 Å². The molecule has 0 unspecified atom stereocenters. The summed E-state index contributed by atoms with van der Waals surface area (Å²) in [7, 11) is 3.20. The number of halogens is 1. The maximum atomic E-state index is 13.9. The van der Waals surface area contributed by atoms with Crippen LogP contribution >= 0.6 is 0 Å². The van der Waals surface area contributed by atoms with Gasteiger partial charge in [-0.1, -0.05) is 19.1 Å². The number of piperazine rings is 1. The zero-order chi connectivity index (χ0) is 23.4. The summed E-state index contributed by atoms with van der Waals surface area (Å²) in [5.41, 5.74) is 2.21. The number of methoxy groups -OCH3 is 2. The number of hydrazone groups is 1. The van der Waals surface area contributed by atoms with Crippen molar-refractivity contribution in [1.29, 1.82) is 0 Å². The first-order chi connectivity index (χ1) is 16.0. The third kappa shape index (κ3) is 5.17. The van der Waals surface area contributed by atoms with E-state index >= 15 is 0 Å². The van der Waals surface area contributed by atoms with E-state index in [0.717, 1.165) is 38.3 Å². The molecule has 0 spiro atoms. The van der Waals surface area contributed by atoms with Crippen molar-refractivity contribution in [1.82, 2.24) is 14.8 Å². The quantitative estimate of drug-likeness (QED) is 0.643. The van der Waals surface area contributed by atoms with Gasteiger partial charge in [-0.2, -0.15) is 5.10 Å². The van der Waals surface area contributed by atoms with Crippen LogP contribution in [-0.4, -0.2) is 79.9 Å². The first-order valence-electron chi connectivity index (χ1n) is 11.3. The maximum Gasteiger partial charge on any atom is 0.257 e. The van der Waals surface area contributed by atoms with Crippen LogP contribution in [0.3, 0.4) is 0 Å². The molecule has 1 amide bonds. The minimum atomic E-state index is -0.339. The lowest BCUT2D eigenvalue weighted by molar-refractivity contribution is -0.134. The summed E-state index contributed by atoms with van der Waals surface area (Å²) in [5, 5.41) is 6.23. The number of likely N-dealkylation sites (N-methyl/N-ethyl adjacent to an activating group) is 1. The van der Waals surface area contributed by atoms with Gasteiger partial charge in [0, 0.05) is 49.8 Å². The van der Waals surface area contributed by atoms with E-state index in [-0.39, 0.29) is 17.8 Å². The molecule has 0 bridgehead atoms. The van der Waals surface area contributed by atoms with Crippen LogP contribution in [0.15, 0.2) is 47.6 Å². The minimum absolute atomic E-state index is 0.0748. The van der Waals surface area contributed by atoms with Crippen molar-refractivity contribution in [3.05, 3.63) is 59.4 Å². The van der Waals surface area contributed by atoms with E-state index in [1.54, 1.807) is 25.3 Å². The van der Waals surface area contributed by atoms with Gasteiger partial charge in [0.25, 0.3) is 5.91 Å². The molecule has 2 aliphatic rings. The molecule has 2 aromatic carbocycles. The van der Waals surface area contributed by atoms with Crippen molar-refractivity contribution >= 4 is 11.6 Å². The second kappa shape index (κ2) is 10.3. The smallest absolute Gasteiger partial charge is 0.257 e. The van der Waals surface area contributed by atoms with Gasteiger partial charge in [0.15, 0.2) is 0 Å². The Morgan fingerprint density at radius 2 is 1.82 bits per heavy atom. The molecule has 4 rings (SSSR count). The van der Waals surface area contributed by atoms with E-state index in [1.807, 2.05) is 24.3 Å². The van der Waals surface area contributed by atoms with Crippen LogP contribution < -0.4 is 9.47 Å². The van der Waals surface area contributed by atoms with Crippen LogP contribution in [0, 0.1) is 5.82 Å². The van der Waals surface area contributed by atoms with Gasteiger partial charge in [-0.25, -0.2) is 9.40 Å². The van der Waals surface area contributed by atoms with Crippen molar-refractivity contribution in [2.45, 2.75) is 19.4 Å². The third-order valence-corrected chi connectivity index (χ3v) is 6.39. The normalized spacial score (nSPS) is 19.5. The molecule has 0 aromatic heterocycles. The fraction of sp³-hybridized carbons (Fsp3) is 0.440. The summed E-state index contributed by atoms with van der Waals surface area (Å²) < 4.78 is 24.8. The van der Waals surface area contributed by atoms with Crippen LogP contribution in [0.2, 0.25) is 0 Å². The fourth-order valence-corrected chi connectivity index (χ4v) is 4.45. The summed E-state index contributed by atoms with van der Waals surface area (Å²) >= 11 is 0. The SMILES string of the molecule is CCN1CCN(CC(=O)N2N=C(c3cccc(F)c3)C[C@H]2c2ccc(OC)cc2OC)CC1. The standard InChI is InChI=1S/C25H31FN4O3/c1-4-28-10-12-29(13-11-28)17-25(31)30-23(21-9-8-20(32-2)15-24(21)33-3)16-22(27-30)18-6-5-7-19(26)14-18/h5-9,14-15,23H,4,10-13,16-17H2,1-3H3/t23-/m0/s1. The monoisotopic (exact) mass is 454 g/mol. The molecule has 1 fully saturated rings. The first-order valence-corrected chi connectivity index (χ1v) is 11.3. The predicted molar refractivity (Wildman–Crippen MR) is 125 cm³/mol. The number of nitrogens with zero attached hydrogens (tertiary/aromatic N) is 4. The van der Waals surface area contributed by atoms with Crippen molar-refractivity contribution < 1.29 is 18.7 Å². The molecule has 8 heteroatoms. The number of amides is 1. The van der Waals surface area contributed by atoms with E-state index < -0.39 is 0 Å². The van der Waals surface area contributed by atoms with Gasteiger partial charge < -0.3 is 14.4 Å². The third-order valence-electron chi connectivity index (χ3n) is 6.39. The Hall–Kier alpha value is -2.97. The highest BCUT2D eigenvalue weighted by atomic mass is 19.1. The van der Waals surface area contributed by atoms with E-state index in [1.165, 1.54) is 12.1 Å². The Labute approximate surface area is 194 Å². The predicted octanol–water partition coefficient (Wildman–Crippen LogP) is 3.16. The largest absolute Gasteiger partial charge is 0.497 e. The zero-order valence-electron chi connectivity index (χ0n) is 19.5. The second-order valence-electron chi connectivity index (χ2n) is 8.33. The highest BCUT2D eigenvalue weighted by Crippen LogP contribution is 2.39. The molecule has 0 saturated carbocycles. The van der Waals surface area contributed by atoms with Crippen LogP contribution in [0.25, 0.3) is 0 Å². The average Bonchev–Trinajstić information content (AvgIpc) is 3.29. The highest BCUT2D eigenvalue weighted by Gasteiger charge is 2.36. The van der Waals surface area contributed by atoms with E-state index in [9.17, 15) is 9.18 Å². The summed E-state index contributed by atoms with van der Waals surface area (Å²) in [6, 6.07) is 11.6. The molecule has 1 saturated heterocycles. The molecule has 0 N–H and O–H groups in total. The van der Waals surface area contributed by atoms with Crippen LogP contribution in [0.4, 0.5) is 4.39 Å². The topological polar surface area (TPSA) is 57.6 Å². The van der Waals surface area contributed by atoms with Gasteiger partial charge in [-0.3, -0.25) is 9.69 Å². The summed E-state index contributed by atoms with van der Waals surface area (Å²) in [6.07, 6.45) is 0.474. The Morgan fingerprint density at radius 1 is 1.06 bits per heavy atom. The number of carbonyl (C=O) groups is 1. The molecule has 33 heavy (non-hydrogen) atoms. The van der Waals surface area contributed by atoms with Gasteiger partial charge in [0.2, 0.25) is 0 Å². The molecule has 2 aliphatic heterocycles. The molecule has 1 atom stereocenters. The summed E-state index contributed by atoms with van der Waals surface area (Å²) in [6.45, 7) is 7.09. The molecule has 2 heterocycles. The van der Waals surface area contributed by atoms with Gasteiger partial charge in [-0.05, 0) is 30.8 Å². The lowest BCUT2D eigenvalue weighted by Gasteiger charge is -2.34. The van der Waals surface area contributed by atoms with Gasteiger partial charge in [-0.15, -0.1) is 0 Å². The number of hydrogen-bond acceptors (Lipinski definition) is 6. The summed E-state index contributed by atoms with van der Waals surface area (Å²) in [4.78, 5) is 18.0. The van der Waals surface area contributed by atoms with Crippen molar-refractivity contribution in [2.24, 2.45) is 5.10 Å². The Balaban J connectivity index is 1.61. The molecule has 2 aromatic rings. The van der Waals surface area contributed by atoms with E-state index in [2.05, 4.69) is 21.8 Å². The number of ether oxygens (including phenoxy) is 2. The van der Waals surface area contributed by atoms with Crippen LogP contribution in [0.1, 0.15) is 30.5 Å². The molecule has 0 aliphatic carbocycles. The second-order valence-corrected chi connectivity index (χ2v) is 8.33. The first kappa shape index (κ1) is 23.2. The Bertz CT molecular complexity index is 1020. The number of rotatable bonds is 7. The number of carbonyl (C=O) groups excluding carboxylic acids is 1. The van der Waals surface area contributed by atoms with Gasteiger partial charge in [0.05, 0.1) is 32.5 Å². The lowest BCUT2D eigenvalue weighted by atomic mass is 9.97. The van der Waals surface area contributed by atoms with Crippen molar-refractivity contribution in [3.8, 4) is 11.5 Å². The highest BCUT2D eigenvalue weighted by molar-refractivity contribution is 6.03. The molecular formula is C25H31FN4O3. The molecule has 0 radical (unpaired) electrons. The van der Waals surface area contributed by atoms with Crippen molar-refractivity contribution in [2.75, 3.05) is 53.5 Å². The number of hydrogen-bond donors (Lipinski definition) is 0. The minimum Gasteiger partial charge on any atom is -0.497 e. The Morgan fingerprint density at radius 3 is 2.48 bits per heavy atom. The van der Waals surface area contributed by atoms with Crippen LogP contribution in [-0.2, 0) is 4.79 Å². The van der Waals surface area contributed by atoms with Crippen LogP contribution in [0.5, 0.6) is 11.5 Å². The molecule has 176 valence electrons. The molecular weight excluding hydrogens is 423 g/mol. The van der Waals surface area contributed by atoms with Gasteiger partial charge >= 0.3 is 0 Å². The van der Waals surface area contributed by atoms with Gasteiger partial charge in [0.1, 0.15) is 17.3 Å². The van der Waals surface area contributed by atoms with E-state index in [4.69, 9.17) is 9.47 Å². The summed E-state index contributed by atoms with van der Waals surface area (Å²) in [5.74, 6) is 0.900. The average molecular weight is 455 g/mol. The fourth-order valence-electron chi connectivity index (χ4n) is 4.45. The number of benzene rings is 2. The Kier molecular flexibility index (Phi) is 7.25.